The number of hydroxylamine groups is 2. The average Bonchev–Trinajstić information content (AvgIpc) is 1.87. The number of amides is 1. The Morgan fingerprint density at radius 1 is 1.78 bits per heavy atom. The van der Waals surface area contributed by atoms with Crippen LogP contribution in [0.15, 0.2) is 5.57 Å². The second-order valence-corrected chi connectivity index (χ2v) is 1.60. The van der Waals surface area contributed by atoms with Gasteiger partial charge >= 0.3 is 0 Å². The van der Waals surface area contributed by atoms with Crippen LogP contribution in [-0.2, 0) is 14.4 Å². The highest BCUT2D eigenvalue weighted by Gasteiger charge is 2.31. The van der Waals surface area contributed by atoms with Gasteiger partial charge in [0.15, 0.2) is 0 Å². The first kappa shape index (κ1) is 6.01. The summed E-state index contributed by atoms with van der Waals surface area (Å²) in [6, 6.07) is 0. The second-order valence-electron chi connectivity index (χ2n) is 1.60. The van der Waals surface area contributed by atoms with Crippen molar-refractivity contribution in [3.05, 3.63) is 5.57 Å². The molecule has 48 valence electrons. The molecule has 1 amide bonds. The van der Waals surface area contributed by atoms with E-state index < -0.39 is 0 Å². The van der Waals surface area contributed by atoms with Crippen LogP contribution in [0.3, 0.4) is 0 Å². The van der Waals surface area contributed by atoms with E-state index in [0.29, 0.717) is 0 Å². The first-order valence-corrected chi connectivity index (χ1v) is 2.39. The fourth-order valence-electron chi connectivity index (χ4n) is 0.566. The van der Waals surface area contributed by atoms with Crippen LogP contribution in [0.5, 0.6) is 0 Å². The van der Waals surface area contributed by atoms with Crippen LogP contribution < -0.4 is 0 Å². The molecule has 0 radical (unpaired) electrons. The number of rotatable bonds is 1. The maximum Gasteiger partial charge on any atom is 0.286 e. The van der Waals surface area contributed by atoms with E-state index in [1.165, 1.54) is 13.1 Å². The Labute approximate surface area is 51.7 Å². The molecule has 1 aliphatic heterocycles. The van der Waals surface area contributed by atoms with Gasteiger partial charge in [-0.25, -0.2) is 9.86 Å². The van der Waals surface area contributed by atoms with Crippen molar-refractivity contribution in [3.63, 3.8) is 0 Å². The van der Waals surface area contributed by atoms with E-state index in [0.717, 1.165) is 5.06 Å². The van der Waals surface area contributed by atoms with E-state index in [9.17, 15) is 9.59 Å². The SMILES string of the molecule is CON1CC(=C=O)C1=O. The summed E-state index contributed by atoms with van der Waals surface area (Å²) in [5, 5.41) is 1.08. The van der Waals surface area contributed by atoms with Crippen LogP contribution in [0.2, 0.25) is 0 Å². The molecule has 0 unspecified atom stereocenters. The number of hydrogen-bond donors (Lipinski definition) is 0. The monoisotopic (exact) mass is 127 g/mol. The lowest BCUT2D eigenvalue weighted by atomic mass is 10.2. The molecule has 0 aliphatic carbocycles. The van der Waals surface area contributed by atoms with Crippen LogP contribution in [0.4, 0.5) is 0 Å². The highest BCUT2D eigenvalue weighted by Crippen LogP contribution is 2.11. The van der Waals surface area contributed by atoms with E-state index in [2.05, 4.69) is 4.84 Å². The number of carbonyl (C=O) groups excluding carboxylic acids is 2. The topological polar surface area (TPSA) is 46.6 Å². The third-order valence-corrected chi connectivity index (χ3v) is 1.13. The normalized spacial score (nSPS) is 17.2. The Kier molecular flexibility index (Phi) is 1.34. The van der Waals surface area contributed by atoms with Crippen molar-refractivity contribution in [1.82, 2.24) is 5.06 Å². The number of nitrogens with zero attached hydrogens (tertiary/aromatic N) is 1. The zero-order valence-electron chi connectivity index (χ0n) is 4.88. The van der Waals surface area contributed by atoms with E-state index >= 15 is 0 Å². The number of hydrogen-bond acceptors (Lipinski definition) is 3. The predicted molar refractivity (Wildman–Crippen MR) is 27.9 cm³/mol. The second kappa shape index (κ2) is 2.01. The van der Waals surface area contributed by atoms with E-state index in [4.69, 9.17) is 0 Å². The van der Waals surface area contributed by atoms with Gasteiger partial charge in [-0.05, 0) is 0 Å². The van der Waals surface area contributed by atoms with Gasteiger partial charge in [-0.3, -0.25) is 9.63 Å². The maximum atomic E-state index is 10.5. The molecule has 1 fully saturated rings. The Balaban J connectivity index is 2.62. The van der Waals surface area contributed by atoms with E-state index in [-0.39, 0.29) is 18.0 Å². The molecular weight excluding hydrogens is 122 g/mol. The summed E-state index contributed by atoms with van der Waals surface area (Å²) >= 11 is 0. The largest absolute Gasteiger partial charge is 0.286 e. The quantitative estimate of drug-likeness (QED) is 0.262. The molecule has 4 nitrogen and oxygen atoms in total. The summed E-state index contributed by atoms with van der Waals surface area (Å²) < 4.78 is 0. The summed E-state index contributed by atoms with van der Waals surface area (Å²) in [4.78, 5) is 24.8. The van der Waals surface area contributed by atoms with Crippen LogP contribution in [0.25, 0.3) is 0 Å². The fraction of sp³-hybridized carbons (Fsp3) is 0.400. The highest BCUT2D eigenvalue weighted by atomic mass is 16.7. The van der Waals surface area contributed by atoms with Gasteiger partial charge < -0.3 is 0 Å². The lowest BCUT2D eigenvalue weighted by molar-refractivity contribution is -0.183. The fourth-order valence-corrected chi connectivity index (χ4v) is 0.566. The van der Waals surface area contributed by atoms with Crippen LogP contribution in [0, 0.1) is 0 Å². The molecule has 0 aromatic heterocycles. The van der Waals surface area contributed by atoms with Crippen molar-refractivity contribution >= 4 is 11.8 Å². The van der Waals surface area contributed by atoms with E-state index in [1.807, 2.05) is 0 Å². The minimum atomic E-state index is -0.382. The third-order valence-electron chi connectivity index (χ3n) is 1.13. The van der Waals surface area contributed by atoms with Gasteiger partial charge in [0.1, 0.15) is 11.5 Å². The Morgan fingerprint density at radius 2 is 2.44 bits per heavy atom. The summed E-state index contributed by atoms with van der Waals surface area (Å²) in [5.74, 6) is 1.13. The van der Waals surface area contributed by atoms with Crippen LogP contribution >= 0.6 is 0 Å². The Hall–Kier alpha value is -1.12. The van der Waals surface area contributed by atoms with Crippen molar-refractivity contribution in [1.29, 1.82) is 0 Å². The average molecular weight is 127 g/mol. The van der Waals surface area contributed by atoms with Gasteiger partial charge in [-0.2, -0.15) is 0 Å². The standard InChI is InChI=1S/C5H5NO3/c1-9-6-2-4(3-7)5(6)8/h2H2,1H3. The van der Waals surface area contributed by atoms with Crippen molar-refractivity contribution < 1.29 is 14.4 Å². The number of β-lactam (4-membered cyclic amide) rings is 1. The lowest BCUT2D eigenvalue weighted by Crippen LogP contribution is -2.45. The van der Waals surface area contributed by atoms with Gasteiger partial charge in [0.2, 0.25) is 0 Å². The van der Waals surface area contributed by atoms with Crippen molar-refractivity contribution in [2.24, 2.45) is 0 Å². The smallest absolute Gasteiger partial charge is 0.274 e. The molecule has 1 saturated heterocycles. The summed E-state index contributed by atoms with van der Waals surface area (Å²) in [6.45, 7) is 0.263. The molecule has 0 bridgehead atoms. The van der Waals surface area contributed by atoms with Crippen molar-refractivity contribution in [2.45, 2.75) is 0 Å². The molecule has 0 aromatic rings. The molecule has 0 atom stereocenters. The Bertz CT molecular complexity index is 192. The van der Waals surface area contributed by atoms with Crippen LogP contribution in [0.1, 0.15) is 0 Å². The third kappa shape index (κ3) is 0.740. The van der Waals surface area contributed by atoms with Gasteiger partial charge in [0.25, 0.3) is 5.91 Å². The molecule has 1 rings (SSSR count). The first-order chi connectivity index (χ1) is 4.29. The van der Waals surface area contributed by atoms with Gasteiger partial charge in [0, 0.05) is 0 Å². The van der Waals surface area contributed by atoms with Crippen molar-refractivity contribution in [2.75, 3.05) is 13.7 Å². The minimum absolute atomic E-state index is 0.150. The molecule has 0 N–H and O–H groups in total. The zero-order chi connectivity index (χ0) is 6.85. The number of carbonyl (C=O) groups is 1. The summed E-state index contributed by atoms with van der Waals surface area (Å²) in [5.41, 5.74) is 0.150. The molecule has 9 heavy (non-hydrogen) atoms. The maximum absolute atomic E-state index is 10.5. The molecule has 0 spiro atoms. The van der Waals surface area contributed by atoms with Crippen LogP contribution in [-0.4, -0.2) is 30.6 Å². The molecule has 0 aromatic carbocycles. The molecule has 0 saturated carbocycles. The molecule has 4 heteroatoms. The molecule has 1 aliphatic rings. The predicted octanol–water partition coefficient (Wildman–Crippen LogP) is -0.852. The summed E-state index contributed by atoms with van der Waals surface area (Å²) in [6.07, 6.45) is 0. The zero-order valence-corrected chi connectivity index (χ0v) is 4.88. The molecular formula is C5H5NO3. The lowest BCUT2D eigenvalue weighted by Gasteiger charge is -2.27. The highest BCUT2D eigenvalue weighted by molar-refractivity contribution is 6.06. The van der Waals surface area contributed by atoms with Crippen molar-refractivity contribution in [3.8, 4) is 0 Å². The van der Waals surface area contributed by atoms with E-state index in [1.54, 1.807) is 0 Å². The minimum Gasteiger partial charge on any atom is -0.274 e. The van der Waals surface area contributed by atoms with Gasteiger partial charge in [-0.15, -0.1) is 0 Å². The van der Waals surface area contributed by atoms with Gasteiger partial charge in [0.05, 0.1) is 13.7 Å². The van der Waals surface area contributed by atoms with Gasteiger partial charge in [-0.1, -0.05) is 0 Å². The first-order valence-electron chi connectivity index (χ1n) is 2.39. The molecule has 1 heterocycles. The Morgan fingerprint density at radius 3 is 2.78 bits per heavy atom. The summed E-state index contributed by atoms with van der Waals surface area (Å²) in [7, 11) is 1.37.